The third kappa shape index (κ3) is 2.67. The minimum absolute atomic E-state index is 0.258. The molecule has 0 aliphatic heterocycles. The second-order valence-corrected chi connectivity index (χ2v) is 5.09. The van der Waals surface area contributed by atoms with E-state index in [1.165, 1.54) is 25.1 Å². The van der Waals surface area contributed by atoms with Crippen LogP contribution >= 0.6 is 15.9 Å². The van der Waals surface area contributed by atoms with Crippen molar-refractivity contribution in [2.75, 3.05) is 0 Å². The summed E-state index contributed by atoms with van der Waals surface area (Å²) in [4.78, 5) is 0. The fourth-order valence-corrected chi connectivity index (χ4v) is 2.37. The zero-order valence-corrected chi connectivity index (χ0v) is 11.6. The average molecular weight is 330 g/mol. The highest BCUT2D eigenvalue weighted by molar-refractivity contribution is 9.10. The van der Waals surface area contributed by atoms with E-state index in [9.17, 15) is 13.2 Å². The normalized spacial score (nSPS) is 12.5. The molecule has 19 heavy (non-hydrogen) atoms. The SMILES string of the molecule is Cc1ccc(F)c(C(N)c2cc(F)ccc2Br)c1F. The van der Waals surface area contributed by atoms with Crippen LogP contribution in [-0.2, 0) is 0 Å². The molecule has 0 saturated heterocycles. The van der Waals surface area contributed by atoms with Gasteiger partial charge in [-0.25, -0.2) is 13.2 Å². The van der Waals surface area contributed by atoms with E-state index in [0.717, 1.165) is 12.1 Å². The standard InChI is InChI=1S/C14H11BrF3N/c1-7-2-5-11(17)12(13(7)18)14(19)9-6-8(16)3-4-10(9)15/h2-6,14H,19H2,1H3. The molecule has 0 saturated carbocycles. The number of halogens is 4. The lowest BCUT2D eigenvalue weighted by Gasteiger charge is -2.17. The highest BCUT2D eigenvalue weighted by atomic mass is 79.9. The Balaban J connectivity index is 2.59. The first-order valence-electron chi connectivity index (χ1n) is 5.57. The molecule has 100 valence electrons. The average Bonchev–Trinajstić information content (AvgIpc) is 2.37. The van der Waals surface area contributed by atoms with Crippen LogP contribution in [0.25, 0.3) is 0 Å². The number of rotatable bonds is 2. The van der Waals surface area contributed by atoms with E-state index in [2.05, 4.69) is 15.9 Å². The molecule has 2 aromatic carbocycles. The molecule has 2 N–H and O–H groups in total. The smallest absolute Gasteiger partial charge is 0.134 e. The molecular weight excluding hydrogens is 319 g/mol. The second-order valence-electron chi connectivity index (χ2n) is 4.24. The lowest BCUT2D eigenvalue weighted by Crippen LogP contribution is -2.17. The summed E-state index contributed by atoms with van der Waals surface area (Å²) >= 11 is 3.20. The van der Waals surface area contributed by atoms with Crippen LogP contribution in [0.2, 0.25) is 0 Å². The quantitative estimate of drug-likeness (QED) is 0.876. The fourth-order valence-electron chi connectivity index (χ4n) is 1.87. The van der Waals surface area contributed by atoms with E-state index in [1.807, 2.05) is 0 Å². The Morgan fingerprint density at radius 1 is 1.11 bits per heavy atom. The molecule has 0 bridgehead atoms. The van der Waals surface area contributed by atoms with Gasteiger partial charge in [-0.05, 0) is 42.3 Å². The van der Waals surface area contributed by atoms with Crippen molar-refractivity contribution < 1.29 is 13.2 Å². The maximum atomic E-state index is 14.0. The highest BCUT2D eigenvalue weighted by Gasteiger charge is 2.22. The summed E-state index contributed by atoms with van der Waals surface area (Å²) < 4.78 is 41.5. The highest BCUT2D eigenvalue weighted by Crippen LogP contribution is 2.31. The zero-order valence-electron chi connectivity index (χ0n) is 10.1. The van der Waals surface area contributed by atoms with Crippen LogP contribution in [0.5, 0.6) is 0 Å². The van der Waals surface area contributed by atoms with Gasteiger partial charge in [0, 0.05) is 10.0 Å². The van der Waals surface area contributed by atoms with Crippen LogP contribution in [0.3, 0.4) is 0 Å². The molecule has 1 nitrogen and oxygen atoms in total. The zero-order chi connectivity index (χ0) is 14.2. The molecule has 1 atom stereocenters. The first kappa shape index (κ1) is 14.1. The molecule has 0 aliphatic carbocycles. The Kier molecular flexibility index (Phi) is 3.96. The summed E-state index contributed by atoms with van der Waals surface area (Å²) in [6.45, 7) is 1.52. The maximum Gasteiger partial charge on any atom is 0.134 e. The van der Waals surface area contributed by atoms with Gasteiger partial charge in [0.1, 0.15) is 17.5 Å². The van der Waals surface area contributed by atoms with E-state index in [1.54, 1.807) is 0 Å². The minimum Gasteiger partial charge on any atom is -0.320 e. The van der Waals surface area contributed by atoms with E-state index < -0.39 is 23.5 Å². The van der Waals surface area contributed by atoms with Crippen molar-refractivity contribution in [2.45, 2.75) is 13.0 Å². The van der Waals surface area contributed by atoms with Crippen LogP contribution in [0.4, 0.5) is 13.2 Å². The number of hydrogen-bond donors (Lipinski definition) is 1. The Labute approximate surface area is 117 Å². The predicted octanol–water partition coefficient (Wildman–Crippen LogP) is 4.22. The molecule has 0 aliphatic rings. The minimum atomic E-state index is -1.08. The maximum absolute atomic E-state index is 14.0. The van der Waals surface area contributed by atoms with Crippen molar-refractivity contribution in [2.24, 2.45) is 5.73 Å². The van der Waals surface area contributed by atoms with Crippen LogP contribution in [0, 0.1) is 24.4 Å². The van der Waals surface area contributed by atoms with Gasteiger partial charge >= 0.3 is 0 Å². The number of aryl methyl sites for hydroxylation is 1. The van der Waals surface area contributed by atoms with Crippen LogP contribution in [-0.4, -0.2) is 0 Å². The van der Waals surface area contributed by atoms with Crippen molar-refractivity contribution in [3.63, 3.8) is 0 Å². The fraction of sp³-hybridized carbons (Fsp3) is 0.143. The van der Waals surface area contributed by atoms with Gasteiger partial charge in [0.2, 0.25) is 0 Å². The summed E-state index contributed by atoms with van der Waals surface area (Å²) in [5.41, 5.74) is 6.21. The van der Waals surface area contributed by atoms with E-state index in [0.29, 0.717) is 15.6 Å². The summed E-state index contributed by atoms with van der Waals surface area (Å²) in [6.07, 6.45) is 0. The van der Waals surface area contributed by atoms with Crippen LogP contribution in [0.1, 0.15) is 22.7 Å². The van der Waals surface area contributed by atoms with Gasteiger partial charge < -0.3 is 5.73 Å². The summed E-state index contributed by atoms with van der Waals surface area (Å²) in [6, 6.07) is 5.27. The number of nitrogens with two attached hydrogens (primary N) is 1. The largest absolute Gasteiger partial charge is 0.320 e. The Bertz CT molecular complexity index is 628. The van der Waals surface area contributed by atoms with E-state index in [-0.39, 0.29) is 5.56 Å². The summed E-state index contributed by atoms with van der Waals surface area (Å²) in [7, 11) is 0. The van der Waals surface area contributed by atoms with Crippen molar-refractivity contribution >= 4 is 15.9 Å². The van der Waals surface area contributed by atoms with Crippen molar-refractivity contribution in [3.8, 4) is 0 Å². The Morgan fingerprint density at radius 3 is 2.47 bits per heavy atom. The summed E-state index contributed by atoms with van der Waals surface area (Å²) in [5.74, 6) is -1.96. The van der Waals surface area contributed by atoms with E-state index in [4.69, 9.17) is 5.73 Å². The van der Waals surface area contributed by atoms with Crippen molar-refractivity contribution in [3.05, 3.63) is 68.9 Å². The van der Waals surface area contributed by atoms with Gasteiger partial charge in [0.05, 0.1) is 6.04 Å². The molecule has 0 amide bonds. The number of hydrogen-bond acceptors (Lipinski definition) is 1. The Morgan fingerprint density at radius 2 is 1.79 bits per heavy atom. The van der Waals surface area contributed by atoms with Gasteiger partial charge in [0.15, 0.2) is 0 Å². The summed E-state index contributed by atoms with van der Waals surface area (Å²) in [5, 5.41) is 0. The van der Waals surface area contributed by atoms with E-state index >= 15 is 0 Å². The lowest BCUT2D eigenvalue weighted by molar-refractivity contribution is 0.536. The lowest BCUT2D eigenvalue weighted by atomic mass is 9.97. The van der Waals surface area contributed by atoms with Gasteiger partial charge in [-0.3, -0.25) is 0 Å². The molecule has 5 heteroatoms. The molecule has 0 spiro atoms. The van der Waals surface area contributed by atoms with Gasteiger partial charge in [-0.2, -0.15) is 0 Å². The molecule has 0 fully saturated rings. The third-order valence-corrected chi connectivity index (χ3v) is 3.65. The first-order chi connectivity index (χ1) is 8.91. The predicted molar refractivity (Wildman–Crippen MR) is 71.2 cm³/mol. The number of benzene rings is 2. The topological polar surface area (TPSA) is 26.0 Å². The molecular formula is C14H11BrF3N. The molecule has 0 heterocycles. The molecule has 0 radical (unpaired) electrons. The van der Waals surface area contributed by atoms with Gasteiger partial charge in [0.25, 0.3) is 0 Å². The van der Waals surface area contributed by atoms with Crippen molar-refractivity contribution in [1.82, 2.24) is 0 Å². The van der Waals surface area contributed by atoms with Gasteiger partial charge in [-0.15, -0.1) is 0 Å². The third-order valence-electron chi connectivity index (χ3n) is 2.92. The molecule has 2 rings (SSSR count). The first-order valence-corrected chi connectivity index (χ1v) is 6.36. The molecule has 1 unspecified atom stereocenters. The van der Waals surface area contributed by atoms with Crippen LogP contribution < -0.4 is 5.73 Å². The van der Waals surface area contributed by atoms with Crippen molar-refractivity contribution in [1.29, 1.82) is 0 Å². The monoisotopic (exact) mass is 329 g/mol. The van der Waals surface area contributed by atoms with Gasteiger partial charge in [-0.1, -0.05) is 22.0 Å². The Hall–Kier alpha value is -1.33. The molecule has 0 aromatic heterocycles. The van der Waals surface area contributed by atoms with Crippen LogP contribution in [0.15, 0.2) is 34.8 Å². The second kappa shape index (κ2) is 5.35. The molecule has 2 aromatic rings.